The number of carbonyl (C=O) groups is 2. The maximum absolute atomic E-state index is 12.9. The van der Waals surface area contributed by atoms with Gasteiger partial charge in [-0.25, -0.2) is 0 Å². The van der Waals surface area contributed by atoms with Gasteiger partial charge in [0.05, 0.1) is 11.8 Å². The quantitative estimate of drug-likeness (QED) is 0.628. The first kappa shape index (κ1) is 23.9. The number of alkyl halides is 3. The van der Waals surface area contributed by atoms with E-state index in [2.05, 4.69) is 10.6 Å². The monoisotopic (exact) mass is 474 g/mol. The van der Waals surface area contributed by atoms with Gasteiger partial charge in [0.1, 0.15) is 0 Å². The summed E-state index contributed by atoms with van der Waals surface area (Å²) in [5.74, 6) is -1.64. The summed E-state index contributed by atoms with van der Waals surface area (Å²) in [7, 11) is 0. The summed E-state index contributed by atoms with van der Waals surface area (Å²) in [6, 6.07) is 15.0. The number of benzene rings is 2. The highest BCUT2D eigenvalue weighted by atomic mass is 19.4. The molecule has 2 heterocycles. The molecule has 2 aliphatic heterocycles. The molecule has 4 rings (SSSR count). The van der Waals surface area contributed by atoms with Crippen molar-refractivity contribution in [1.82, 2.24) is 10.2 Å². The molecule has 34 heavy (non-hydrogen) atoms. The molecule has 2 amide bonds. The normalized spacial score (nSPS) is 20.6. The highest BCUT2D eigenvalue weighted by Gasteiger charge is 2.43. The van der Waals surface area contributed by atoms with Gasteiger partial charge in [-0.05, 0) is 55.3 Å². The van der Waals surface area contributed by atoms with Crippen LogP contribution in [0.1, 0.15) is 25.3 Å². The molecular formula is C25H29F3N4O2. The van der Waals surface area contributed by atoms with Crippen LogP contribution in [0.2, 0.25) is 0 Å². The number of anilines is 3. The number of hydrogen-bond acceptors (Lipinski definition) is 4. The minimum absolute atomic E-state index is 0.00217. The third-order valence-corrected chi connectivity index (χ3v) is 6.56. The van der Waals surface area contributed by atoms with Crippen molar-refractivity contribution in [2.75, 3.05) is 36.4 Å². The summed E-state index contributed by atoms with van der Waals surface area (Å²) in [6.45, 7) is 3.80. The van der Waals surface area contributed by atoms with E-state index in [0.29, 0.717) is 26.2 Å². The Hall–Kier alpha value is -3.23. The molecular weight excluding hydrogens is 445 g/mol. The predicted octanol–water partition coefficient (Wildman–Crippen LogP) is 4.30. The Kier molecular flexibility index (Phi) is 7.00. The summed E-state index contributed by atoms with van der Waals surface area (Å²) in [6.07, 6.45) is -3.74. The molecule has 0 aromatic heterocycles. The molecule has 2 atom stereocenters. The van der Waals surface area contributed by atoms with Crippen LogP contribution < -0.4 is 15.5 Å². The van der Waals surface area contributed by atoms with Gasteiger partial charge >= 0.3 is 6.18 Å². The number of amides is 2. The average Bonchev–Trinajstić information content (AvgIpc) is 3.46. The minimum Gasteiger partial charge on any atom is -0.371 e. The van der Waals surface area contributed by atoms with E-state index in [-0.39, 0.29) is 37.1 Å². The maximum atomic E-state index is 12.9. The molecule has 2 aromatic rings. The first-order chi connectivity index (χ1) is 16.2. The number of likely N-dealkylation sites (tertiary alicyclic amines) is 1. The van der Waals surface area contributed by atoms with Crippen LogP contribution in [0.15, 0.2) is 48.5 Å². The van der Waals surface area contributed by atoms with Crippen molar-refractivity contribution in [3.8, 4) is 0 Å². The highest BCUT2D eigenvalue weighted by Crippen LogP contribution is 2.35. The van der Waals surface area contributed by atoms with Gasteiger partial charge in [0.15, 0.2) is 0 Å². The van der Waals surface area contributed by atoms with Crippen molar-refractivity contribution in [2.24, 2.45) is 11.8 Å². The number of carbonyl (C=O) groups excluding carboxylic acids is 2. The van der Waals surface area contributed by atoms with Crippen LogP contribution in [0.25, 0.3) is 0 Å². The molecule has 9 heteroatoms. The van der Waals surface area contributed by atoms with Crippen molar-refractivity contribution in [3.63, 3.8) is 0 Å². The fourth-order valence-electron chi connectivity index (χ4n) is 4.48. The predicted molar refractivity (Wildman–Crippen MR) is 125 cm³/mol. The molecule has 2 fully saturated rings. The Morgan fingerprint density at radius 3 is 2.24 bits per heavy atom. The van der Waals surface area contributed by atoms with Crippen LogP contribution in [-0.4, -0.2) is 49.1 Å². The minimum atomic E-state index is -4.14. The Labute approximate surface area is 197 Å². The second-order valence-electron chi connectivity index (χ2n) is 8.89. The van der Waals surface area contributed by atoms with Crippen LogP contribution in [0.4, 0.5) is 30.2 Å². The van der Waals surface area contributed by atoms with Crippen LogP contribution in [0.3, 0.4) is 0 Å². The van der Waals surface area contributed by atoms with Gasteiger partial charge in [-0.2, -0.15) is 13.2 Å². The Morgan fingerprint density at radius 1 is 1.03 bits per heavy atom. The lowest BCUT2D eigenvalue weighted by molar-refractivity contribution is -0.168. The lowest BCUT2D eigenvalue weighted by Crippen LogP contribution is -2.32. The second-order valence-corrected chi connectivity index (χ2v) is 8.89. The molecule has 0 radical (unpaired) electrons. The number of nitrogens with one attached hydrogen (secondary N) is 2. The molecule has 2 saturated heterocycles. The van der Waals surface area contributed by atoms with E-state index in [0.717, 1.165) is 22.6 Å². The molecule has 6 nitrogen and oxygen atoms in total. The van der Waals surface area contributed by atoms with Crippen molar-refractivity contribution >= 4 is 28.9 Å². The smallest absolute Gasteiger partial charge is 0.371 e. The van der Waals surface area contributed by atoms with Gasteiger partial charge in [-0.3, -0.25) is 9.59 Å². The van der Waals surface area contributed by atoms with E-state index in [1.807, 2.05) is 55.5 Å². The number of halogens is 3. The standard InChI is InChI=1S/C25H29F3N4O2/c1-2-31-15-18(13-23(31)33)24(34)29-14-17-3-5-20(6-4-17)30-21-7-9-22(10-8-21)32-12-11-19(16-32)25(26,27)28/h3-10,18-19,30H,2,11-16H2,1H3,(H,29,34). The van der Waals surface area contributed by atoms with Gasteiger partial charge in [-0.1, -0.05) is 12.1 Å². The highest BCUT2D eigenvalue weighted by molar-refractivity contribution is 5.89. The van der Waals surface area contributed by atoms with Crippen LogP contribution in [0, 0.1) is 11.8 Å². The summed E-state index contributed by atoms with van der Waals surface area (Å²) >= 11 is 0. The topological polar surface area (TPSA) is 64.7 Å². The number of nitrogens with zero attached hydrogens (tertiary/aromatic N) is 2. The van der Waals surface area contributed by atoms with E-state index in [1.165, 1.54) is 0 Å². The number of hydrogen-bond donors (Lipinski definition) is 2. The Balaban J connectivity index is 1.26. The fraction of sp³-hybridized carbons (Fsp3) is 0.440. The van der Waals surface area contributed by atoms with E-state index >= 15 is 0 Å². The van der Waals surface area contributed by atoms with Gasteiger partial charge in [0, 0.05) is 56.2 Å². The molecule has 2 unspecified atom stereocenters. The molecule has 182 valence electrons. The van der Waals surface area contributed by atoms with Crippen LogP contribution in [-0.2, 0) is 16.1 Å². The second kappa shape index (κ2) is 9.95. The first-order valence-electron chi connectivity index (χ1n) is 11.6. The van der Waals surface area contributed by atoms with E-state index in [4.69, 9.17) is 0 Å². The zero-order valence-corrected chi connectivity index (χ0v) is 19.1. The molecule has 2 aromatic carbocycles. The SMILES string of the molecule is CCN1CC(C(=O)NCc2ccc(Nc3ccc(N4CCC(C(F)(F)F)C4)cc3)cc2)CC1=O. The molecule has 2 aliphatic rings. The van der Waals surface area contributed by atoms with Crippen molar-refractivity contribution < 1.29 is 22.8 Å². The number of rotatable bonds is 7. The average molecular weight is 475 g/mol. The van der Waals surface area contributed by atoms with Crippen molar-refractivity contribution in [1.29, 1.82) is 0 Å². The van der Waals surface area contributed by atoms with E-state index in [9.17, 15) is 22.8 Å². The lowest BCUT2D eigenvalue weighted by Gasteiger charge is -2.20. The zero-order valence-electron chi connectivity index (χ0n) is 19.1. The summed E-state index contributed by atoms with van der Waals surface area (Å²) in [5.41, 5.74) is 3.43. The van der Waals surface area contributed by atoms with E-state index < -0.39 is 12.1 Å². The lowest BCUT2D eigenvalue weighted by atomic mass is 10.1. The Morgan fingerprint density at radius 2 is 1.68 bits per heavy atom. The summed E-state index contributed by atoms with van der Waals surface area (Å²) < 4.78 is 38.7. The van der Waals surface area contributed by atoms with Crippen molar-refractivity contribution in [3.05, 3.63) is 54.1 Å². The van der Waals surface area contributed by atoms with Gasteiger partial charge < -0.3 is 20.4 Å². The molecule has 0 bridgehead atoms. The fourth-order valence-corrected chi connectivity index (χ4v) is 4.48. The maximum Gasteiger partial charge on any atom is 0.393 e. The Bertz CT molecular complexity index is 1010. The molecule has 0 aliphatic carbocycles. The van der Waals surface area contributed by atoms with Crippen LogP contribution in [0.5, 0.6) is 0 Å². The molecule has 2 N–H and O–H groups in total. The largest absolute Gasteiger partial charge is 0.393 e. The third kappa shape index (κ3) is 5.63. The molecule has 0 saturated carbocycles. The van der Waals surface area contributed by atoms with Gasteiger partial charge in [0.2, 0.25) is 11.8 Å². The first-order valence-corrected chi connectivity index (χ1v) is 11.6. The van der Waals surface area contributed by atoms with Gasteiger partial charge in [-0.15, -0.1) is 0 Å². The third-order valence-electron chi connectivity index (χ3n) is 6.56. The van der Waals surface area contributed by atoms with E-state index in [1.54, 1.807) is 9.80 Å². The van der Waals surface area contributed by atoms with Crippen LogP contribution >= 0.6 is 0 Å². The van der Waals surface area contributed by atoms with Crippen molar-refractivity contribution in [2.45, 2.75) is 32.5 Å². The summed E-state index contributed by atoms with van der Waals surface area (Å²) in [4.78, 5) is 27.6. The van der Waals surface area contributed by atoms with Gasteiger partial charge in [0.25, 0.3) is 0 Å². The zero-order chi connectivity index (χ0) is 24.3. The molecule has 0 spiro atoms. The summed E-state index contributed by atoms with van der Waals surface area (Å²) in [5, 5.41) is 6.19.